The molecule has 2 rings (SSSR count). The first-order chi connectivity index (χ1) is 9.51. The topological polar surface area (TPSA) is 54.0 Å². The maximum Gasteiger partial charge on any atom is 0.255 e. The normalized spacial score (nSPS) is 10.2. The zero-order valence-electron chi connectivity index (χ0n) is 11.0. The van der Waals surface area contributed by atoms with E-state index in [4.69, 9.17) is 23.2 Å². The zero-order chi connectivity index (χ0) is 14.7. The van der Waals surface area contributed by atoms with Crippen LogP contribution in [0.4, 0.5) is 11.5 Å². The summed E-state index contributed by atoms with van der Waals surface area (Å²) < 4.78 is 0. The van der Waals surface area contributed by atoms with Gasteiger partial charge in [0.15, 0.2) is 0 Å². The minimum Gasteiger partial charge on any atom is -0.373 e. The molecule has 0 aliphatic carbocycles. The van der Waals surface area contributed by atoms with Crippen LogP contribution in [-0.2, 0) is 0 Å². The van der Waals surface area contributed by atoms with E-state index in [0.717, 1.165) is 5.69 Å². The summed E-state index contributed by atoms with van der Waals surface area (Å²) in [5.74, 6) is 0.336. The summed E-state index contributed by atoms with van der Waals surface area (Å²) in [6.45, 7) is 1.82. The number of rotatable bonds is 3. The number of pyridine rings is 1. The fourth-order valence-corrected chi connectivity index (χ4v) is 2.22. The van der Waals surface area contributed by atoms with Gasteiger partial charge in [-0.05, 0) is 31.2 Å². The number of halogens is 2. The van der Waals surface area contributed by atoms with E-state index >= 15 is 0 Å². The van der Waals surface area contributed by atoms with Crippen molar-refractivity contribution in [3.05, 3.63) is 51.6 Å². The van der Waals surface area contributed by atoms with E-state index in [-0.39, 0.29) is 5.91 Å². The van der Waals surface area contributed by atoms with Crippen LogP contribution in [0.1, 0.15) is 16.1 Å². The number of nitrogens with one attached hydrogen (secondary N) is 2. The zero-order valence-corrected chi connectivity index (χ0v) is 12.5. The van der Waals surface area contributed by atoms with E-state index in [0.29, 0.717) is 27.1 Å². The number of carbonyl (C=O) groups is 1. The summed E-state index contributed by atoms with van der Waals surface area (Å²) in [6.07, 6.45) is 0. The first-order valence-electron chi connectivity index (χ1n) is 5.93. The van der Waals surface area contributed by atoms with Crippen molar-refractivity contribution in [1.29, 1.82) is 0 Å². The van der Waals surface area contributed by atoms with Crippen molar-refractivity contribution in [2.75, 3.05) is 17.7 Å². The highest BCUT2D eigenvalue weighted by Gasteiger charge is 2.12. The number of aromatic nitrogens is 1. The standard InChI is InChI=1S/C14H13Cl2N3O/c1-8-6-9(7-12(17-2)18-8)14(20)19-13-10(15)4-3-5-11(13)16/h3-7H,1-2H3,(H,17,18)(H,19,20). The van der Waals surface area contributed by atoms with E-state index in [2.05, 4.69) is 15.6 Å². The quantitative estimate of drug-likeness (QED) is 0.901. The average molecular weight is 310 g/mol. The third-order valence-electron chi connectivity index (χ3n) is 2.67. The molecule has 0 saturated carbocycles. The van der Waals surface area contributed by atoms with Gasteiger partial charge in [-0.25, -0.2) is 4.98 Å². The largest absolute Gasteiger partial charge is 0.373 e. The second-order valence-electron chi connectivity index (χ2n) is 4.18. The molecule has 4 nitrogen and oxygen atoms in total. The smallest absolute Gasteiger partial charge is 0.255 e. The fraction of sp³-hybridized carbons (Fsp3) is 0.143. The minimum absolute atomic E-state index is 0.290. The lowest BCUT2D eigenvalue weighted by atomic mass is 10.2. The third kappa shape index (κ3) is 3.21. The van der Waals surface area contributed by atoms with Gasteiger partial charge in [-0.3, -0.25) is 4.79 Å². The molecule has 0 bridgehead atoms. The van der Waals surface area contributed by atoms with Crippen molar-refractivity contribution >= 4 is 40.6 Å². The summed E-state index contributed by atoms with van der Waals surface area (Å²) in [5, 5.41) is 6.41. The van der Waals surface area contributed by atoms with E-state index in [1.54, 1.807) is 37.4 Å². The van der Waals surface area contributed by atoms with Crippen LogP contribution in [0.5, 0.6) is 0 Å². The van der Waals surface area contributed by atoms with E-state index < -0.39 is 0 Å². The Balaban J connectivity index is 2.31. The lowest BCUT2D eigenvalue weighted by molar-refractivity contribution is 0.102. The van der Waals surface area contributed by atoms with Gasteiger partial charge in [0.25, 0.3) is 5.91 Å². The lowest BCUT2D eigenvalue weighted by Crippen LogP contribution is -2.13. The first-order valence-corrected chi connectivity index (χ1v) is 6.68. The molecule has 0 atom stereocenters. The van der Waals surface area contributed by atoms with Crippen LogP contribution in [0, 0.1) is 6.92 Å². The molecular weight excluding hydrogens is 297 g/mol. The number of carbonyl (C=O) groups excluding carboxylic acids is 1. The summed E-state index contributed by atoms with van der Waals surface area (Å²) in [6, 6.07) is 8.41. The number of nitrogens with zero attached hydrogens (tertiary/aromatic N) is 1. The highest BCUT2D eigenvalue weighted by molar-refractivity contribution is 6.40. The van der Waals surface area contributed by atoms with Crippen molar-refractivity contribution in [3.63, 3.8) is 0 Å². The molecule has 2 N–H and O–H groups in total. The Hall–Kier alpha value is -1.78. The van der Waals surface area contributed by atoms with Crippen LogP contribution in [0.2, 0.25) is 10.0 Å². The molecule has 1 heterocycles. The molecule has 20 heavy (non-hydrogen) atoms. The van der Waals surface area contributed by atoms with Crippen molar-refractivity contribution in [1.82, 2.24) is 4.98 Å². The Morgan fingerprint density at radius 2 is 1.85 bits per heavy atom. The number of anilines is 2. The summed E-state index contributed by atoms with van der Waals surface area (Å²) in [4.78, 5) is 16.5. The molecule has 0 saturated heterocycles. The van der Waals surface area contributed by atoms with Gasteiger partial charge in [0.1, 0.15) is 5.82 Å². The number of amides is 1. The van der Waals surface area contributed by atoms with Crippen LogP contribution in [0.3, 0.4) is 0 Å². The van der Waals surface area contributed by atoms with Gasteiger partial charge in [0, 0.05) is 18.3 Å². The molecule has 6 heteroatoms. The maximum absolute atomic E-state index is 12.3. The van der Waals surface area contributed by atoms with E-state index in [1.807, 2.05) is 6.92 Å². The second-order valence-corrected chi connectivity index (χ2v) is 5.00. The number of para-hydroxylation sites is 1. The van der Waals surface area contributed by atoms with Crippen LogP contribution >= 0.6 is 23.2 Å². The Kier molecular flexibility index (Phi) is 4.47. The van der Waals surface area contributed by atoms with Crippen molar-refractivity contribution in [3.8, 4) is 0 Å². The monoisotopic (exact) mass is 309 g/mol. The van der Waals surface area contributed by atoms with Gasteiger partial charge in [-0.15, -0.1) is 0 Å². The van der Waals surface area contributed by atoms with Crippen LogP contribution in [-0.4, -0.2) is 17.9 Å². The van der Waals surface area contributed by atoms with Gasteiger partial charge in [0.2, 0.25) is 0 Å². The molecule has 0 aliphatic heterocycles. The van der Waals surface area contributed by atoms with Crippen molar-refractivity contribution < 1.29 is 4.79 Å². The van der Waals surface area contributed by atoms with Crippen LogP contribution in [0.25, 0.3) is 0 Å². The molecule has 0 radical (unpaired) electrons. The first kappa shape index (κ1) is 14.6. The Labute approximate surface area is 127 Å². The summed E-state index contributed by atoms with van der Waals surface area (Å²) in [5.41, 5.74) is 1.63. The van der Waals surface area contributed by atoms with Gasteiger partial charge < -0.3 is 10.6 Å². The lowest BCUT2D eigenvalue weighted by Gasteiger charge is -2.10. The number of hydrogen-bond donors (Lipinski definition) is 2. The molecule has 0 unspecified atom stereocenters. The molecule has 0 spiro atoms. The predicted molar refractivity (Wildman–Crippen MR) is 82.9 cm³/mol. The van der Waals surface area contributed by atoms with E-state index in [1.165, 1.54) is 0 Å². The highest BCUT2D eigenvalue weighted by atomic mass is 35.5. The molecule has 1 aromatic carbocycles. The van der Waals surface area contributed by atoms with Crippen LogP contribution < -0.4 is 10.6 Å². The second kappa shape index (κ2) is 6.11. The molecule has 2 aromatic rings. The van der Waals surface area contributed by atoms with Gasteiger partial charge in [-0.2, -0.15) is 0 Å². The number of aryl methyl sites for hydroxylation is 1. The number of hydrogen-bond acceptors (Lipinski definition) is 3. The Bertz CT molecular complexity index is 639. The number of benzene rings is 1. The van der Waals surface area contributed by atoms with Crippen LogP contribution in [0.15, 0.2) is 30.3 Å². The van der Waals surface area contributed by atoms with Crippen molar-refractivity contribution in [2.45, 2.75) is 6.92 Å². The SMILES string of the molecule is CNc1cc(C(=O)Nc2c(Cl)cccc2Cl)cc(C)n1. The Morgan fingerprint density at radius 3 is 2.45 bits per heavy atom. The predicted octanol–water partition coefficient (Wildman–Crippen LogP) is 3.99. The van der Waals surface area contributed by atoms with Gasteiger partial charge >= 0.3 is 0 Å². The molecule has 1 aromatic heterocycles. The third-order valence-corrected chi connectivity index (χ3v) is 3.30. The fourth-order valence-electron chi connectivity index (χ4n) is 1.73. The minimum atomic E-state index is -0.290. The van der Waals surface area contributed by atoms with E-state index in [9.17, 15) is 4.79 Å². The average Bonchev–Trinajstić information content (AvgIpc) is 2.42. The Morgan fingerprint density at radius 1 is 1.20 bits per heavy atom. The molecule has 0 aliphatic rings. The summed E-state index contributed by atoms with van der Waals surface area (Å²) in [7, 11) is 1.74. The molecule has 104 valence electrons. The molecule has 1 amide bonds. The van der Waals surface area contributed by atoms with Gasteiger partial charge in [-0.1, -0.05) is 29.3 Å². The maximum atomic E-state index is 12.3. The molecule has 0 fully saturated rings. The summed E-state index contributed by atoms with van der Waals surface area (Å²) >= 11 is 12.1. The van der Waals surface area contributed by atoms with Gasteiger partial charge in [0.05, 0.1) is 15.7 Å². The highest BCUT2D eigenvalue weighted by Crippen LogP contribution is 2.30. The molecular formula is C14H13Cl2N3O. The van der Waals surface area contributed by atoms with Crippen molar-refractivity contribution in [2.24, 2.45) is 0 Å².